The van der Waals surface area contributed by atoms with Crippen molar-refractivity contribution in [2.75, 3.05) is 11.9 Å². The molecule has 0 aliphatic carbocycles. The third-order valence-electron chi connectivity index (χ3n) is 2.78. The number of rotatable bonds is 6. The highest BCUT2D eigenvalue weighted by molar-refractivity contribution is 6.41. The molecule has 1 atom stereocenters. The Morgan fingerprint density at radius 3 is 2.20 bits per heavy atom. The topological polar surface area (TPSA) is 41.1 Å². The predicted molar refractivity (Wildman–Crippen MR) is 87.0 cm³/mol. The van der Waals surface area contributed by atoms with Gasteiger partial charge in [0.15, 0.2) is 0 Å². The van der Waals surface area contributed by atoms with Gasteiger partial charge in [-0.25, -0.2) is 0 Å². The summed E-state index contributed by atoms with van der Waals surface area (Å²) in [7, 11) is 0. The second-order valence-corrected chi connectivity index (χ2v) is 6.33. The molecule has 3 nitrogen and oxygen atoms in total. The van der Waals surface area contributed by atoms with E-state index in [0.717, 1.165) is 6.42 Å². The van der Waals surface area contributed by atoms with E-state index in [9.17, 15) is 4.79 Å². The van der Waals surface area contributed by atoms with E-state index in [4.69, 9.17) is 34.8 Å². The lowest BCUT2D eigenvalue weighted by Gasteiger charge is -2.18. The molecule has 1 amide bonds. The zero-order chi connectivity index (χ0) is 15.3. The molecule has 0 fully saturated rings. The first-order valence-corrected chi connectivity index (χ1v) is 7.63. The van der Waals surface area contributed by atoms with Crippen molar-refractivity contribution in [2.45, 2.75) is 33.2 Å². The van der Waals surface area contributed by atoms with Crippen LogP contribution in [0.5, 0.6) is 0 Å². The molecule has 0 aliphatic heterocycles. The van der Waals surface area contributed by atoms with Gasteiger partial charge in [-0.3, -0.25) is 4.79 Å². The monoisotopic (exact) mass is 336 g/mol. The number of hydrogen-bond donors (Lipinski definition) is 2. The number of nitrogens with one attached hydrogen (secondary N) is 2. The second kappa shape index (κ2) is 7.96. The molecule has 0 aliphatic rings. The number of carbonyl (C=O) groups is 1. The summed E-state index contributed by atoms with van der Waals surface area (Å²) >= 11 is 18.0. The average molecular weight is 338 g/mol. The lowest BCUT2D eigenvalue weighted by molar-refractivity contribution is -0.121. The Balaban J connectivity index is 2.62. The number of hydrogen-bond acceptors (Lipinski definition) is 2. The van der Waals surface area contributed by atoms with Crippen LogP contribution < -0.4 is 10.6 Å². The normalized spacial score (nSPS) is 12.3. The van der Waals surface area contributed by atoms with E-state index < -0.39 is 6.04 Å². The summed E-state index contributed by atoms with van der Waals surface area (Å²) in [5.41, 5.74) is 0.518. The van der Waals surface area contributed by atoms with Crippen LogP contribution >= 0.6 is 34.8 Å². The predicted octanol–water partition coefficient (Wildman–Crippen LogP) is 4.61. The SMILES string of the molecule is CC(C)CCNC(=O)C(C)Nc1c(Cl)cc(Cl)cc1Cl. The van der Waals surface area contributed by atoms with Crippen LogP contribution in [0.15, 0.2) is 12.1 Å². The van der Waals surface area contributed by atoms with E-state index >= 15 is 0 Å². The zero-order valence-electron chi connectivity index (χ0n) is 11.8. The molecular weight excluding hydrogens is 319 g/mol. The van der Waals surface area contributed by atoms with Gasteiger partial charge in [-0.15, -0.1) is 0 Å². The van der Waals surface area contributed by atoms with Gasteiger partial charge in [0.25, 0.3) is 0 Å². The Labute approximate surface area is 135 Å². The third-order valence-corrected chi connectivity index (χ3v) is 3.60. The highest BCUT2D eigenvalue weighted by Crippen LogP contribution is 2.34. The lowest BCUT2D eigenvalue weighted by Crippen LogP contribution is -2.38. The summed E-state index contributed by atoms with van der Waals surface area (Å²) in [6.45, 7) is 6.64. The van der Waals surface area contributed by atoms with Crippen LogP contribution in [0.1, 0.15) is 27.2 Å². The number of amides is 1. The largest absolute Gasteiger partial charge is 0.371 e. The Kier molecular flexibility index (Phi) is 6.93. The second-order valence-electron chi connectivity index (χ2n) is 5.08. The van der Waals surface area contributed by atoms with Crippen molar-refractivity contribution < 1.29 is 4.79 Å². The minimum Gasteiger partial charge on any atom is -0.371 e. The Bertz CT molecular complexity index is 454. The van der Waals surface area contributed by atoms with Gasteiger partial charge < -0.3 is 10.6 Å². The molecule has 1 aromatic rings. The van der Waals surface area contributed by atoms with Crippen molar-refractivity contribution in [2.24, 2.45) is 5.92 Å². The highest BCUT2D eigenvalue weighted by Gasteiger charge is 2.16. The summed E-state index contributed by atoms with van der Waals surface area (Å²) < 4.78 is 0. The van der Waals surface area contributed by atoms with E-state index in [1.165, 1.54) is 0 Å². The number of benzene rings is 1. The smallest absolute Gasteiger partial charge is 0.242 e. The summed E-state index contributed by atoms with van der Waals surface area (Å²) in [6.07, 6.45) is 0.945. The van der Waals surface area contributed by atoms with Crippen LogP contribution in [0.25, 0.3) is 0 Å². The maximum atomic E-state index is 11.9. The van der Waals surface area contributed by atoms with Gasteiger partial charge in [-0.05, 0) is 31.4 Å². The molecule has 20 heavy (non-hydrogen) atoms. The number of carbonyl (C=O) groups excluding carboxylic acids is 1. The Morgan fingerprint density at radius 1 is 1.15 bits per heavy atom. The first-order valence-electron chi connectivity index (χ1n) is 6.50. The first kappa shape index (κ1) is 17.4. The maximum Gasteiger partial charge on any atom is 0.242 e. The van der Waals surface area contributed by atoms with Gasteiger partial charge >= 0.3 is 0 Å². The van der Waals surface area contributed by atoms with Crippen molar-refractivity contribution in [3.05, 3.63) is 27.2 Å². The van der Waals surface area contributed by atoms with Crippen molar-refractivity contribution >= 4 is 46.4 Å². The van der Waals surface area contributed by atoms with Crippen LogP contribution in [0.4, 0.5) is 5.69 Å². The van der Waals surface area contributed by atoms with Crippen LogP contribution in [0.2, 0.25) is 15.1 Å². The molecule has 1 unspecified atom stereocenters. The molecule has 0 radical (unpaired) electrons. The summed E-state index contributed by atoms with van der Waals surface area (Å²) in [5.74, 6) is 0.464. The minimum atomic E-state index is -0.432. The van der Waals surface area contributed by atoms with Gasteiger partial charge in [0.1, 0.15) is 6.04 Å². The quantitative estimate of drug-likeness (QED) is 0.796. The van der Waals surface area contributed by atoms with E-state index in [-0.39, 0.29) is 5.91 Å². The van der Waals surface area contributed by atoms with Crippen molar-refractivity contribution in [1.29, 1.82) is 0 Å². The van der Waals surface area contributed by atoms with Crippen LogP contribution in [0, 0.1) is 5.92 Å². The molecule has 0 spiro atoms. The molecule has 0 saturated heterocycles. The van der Waals surface area contributed by atoms with Crippen LogP contribution in [-0.2, 0) is 4.79 Å². The average Bonchev–Trinajstić information content (AvgIpc) is 2.32. The van der Waals surface area contributed by atoms with Crippen molar-refractivity contribution in [1.82, 2.24) is 5.32 Å². The molecule has 0 heterocycles. The molecular formula is C14H19Cl3N2O. The molecule has 0 saturated carbocycles. The van der Waals surface area contributed by atoms with Crippen molar-refractivity contribution in [3.8, 4) is 0 Å². The molecule has 1 rings (SSSR count). The van der Waals surface area contributed by atoms with Crippen LogP contribution in [0.3, 0.4) is 0 Å². The fraction of sp³-hybridized carbons (Fsp3) is 0.500. The summed E-state index contributed by atoms with van der Waals surface area (Å²) in [4.78, 5) is 11.9. The van der Waals surface area contributed by atoms with E-state index in [1.807, 2.05) is 0 Å². The number of anilines is 1. The molecule has 112 valence electrons. The van der Waals surface area contributed by atoms with E-state index in [1.54, 1.807) is 19.1 Å². The Morgan fingerprint density at radius 2 is 1.70 bits per heavy atom. The molecule has 2 N–H and O–H groups in total. The van der Waals surface area contributed by atoms with Gasteiger partial charge in [-0.2, -0.15) is 0 Å². The molecule has 1 aromatic carbocycles. The van der Waals surface area contributed by atoms with Gasteiger partial charge in [0.05, 0.1) is 15.7 Å². The van der Waals surface area contributed by atoms with Crippen LogP contribution in [-0.4, -0.2) is 18.5 Å². The van der Waals surface area contributed by atoms with Crippen molar-refractivity contribution in [3.63, 3.8) is 0 Å². The summed E-state index contributed by atoms with van der Waals surface area (Å²) in [5, 5.41) is 7.12. The van der Waals surface area contributed by atoms with Gasteiger partial charge in [-0.1, -0.05) is 48.7 Å². The van der Waals surface area contributed by atoms with Gasteiger partial charge in [0, 0.05) is 11.6 Å². The lowest BCUT2D eigenvalue weighted by atomic mass is 10.1. The minimum absolute atomic E-state index is 0.0901. The highest BCUT2D eigenvalue weighted by atomic mass is 35.5. The molecule has 0 aromatic heterocycles. The fourth-order valence-electron chi connectivity index (χ4n) is 1.60. The standard InChI is InChI=1S/C14H19Cl3N2O/c1-8(2)4-5-18-14(20)9(3)19-13-11(16)6-10(15)7-12(13)17/h6-9,19H,4-5H2,1-3H3,(H,18,20). The van der Waals surface area contributed by atoms with E-state index in [0.29, 0.717) is 33.2 Å². The Hall–Kier alpha value is -0.640. The number of halogens is 3. The first-order chi connectivity index (χ1) is 9.31. The van der Waals surface area contributed by atoms with Gasteiger partial charge in [0.2, 0.25) is 5.91 Å². The summed E-state index contributed by atoms with van der Waals surface area (Å²) in [6, 6.07) is 2.74. The van der Waals surface area contributed by atoms with E-state index in [2.05, 4.69) is 24.5 Å². The third kappa shape index (κ3) is 5.39. The zero-order valence-corrected chi connectivity index (χ0v) is 14.0. The molecule has 6 heteroatoms. The maximum absolute atomic E-state index is 11.9. The molecule has 0 bridgehead atoms. The fourth-order valence-corrected chi connectivity index (χ4v) is 2.53.